The van der Waals surface area contributed by atoms with E-state index in [0.29, 0.717) is 18.8 Å². The molecule has 1 aromatic rings. The first kappa shape index (κ1) is 26.6. The highest BCUT2D eigenvalue weighted by atomic mass is 19.4. The summed E-state index contributed by atoms with van der Waals surface area (Å²) in [5, 5.41) is 3.00. The van der Waals surface area contributed by atoms with Gasteiger partial charge in [-0.05, 0) is 31.2 Å². The van der Waals surface area contributed by atoms with Crippen molar-refractivity contribution >= 4 is 5.91 Å². The van der Waals surface area contributed by atoms with Crippen molar-refractivity contribution in [3.05, 3.63) is 35.2 Å². The number of methoxy groups -OCH3 is 1. The van der Waals surface area contributed by atoms with Gasteiger partial charge >= 0.3 is 6.18 Å². The third kappa shape index (κ3) is 8.05. The van der Waals surface area contributed by atoms with Crippen LogP contribution in [-0.2, 0) is 31.9 Å². The second-order valence-electron chi connectivity index (χ2n) is 9.27. The Kier molecular flexibility index (Phi) is 9.04. The molecule has 2 N–H and O–H groups in total. The molecule has 200 valence electrons. The molecular formula is C24H33F3N4O5. The fraction of sp³-hybridized carbons (Fsp3) is 0.667. The van der Waals surface area contributed by atoms with Gasteiger partial charge in [-0.2, -0.15) is 13.2 Å². The lowest BCUT2D eigenvalue weighted by Crippen LogP contribution is -2.43. The minimum absolute atomic E-state index is 0.0140. The lowest BCUT2D eigenvalue weighted by molar-refractivity contribution is -0.154. The third-order valence-corrected chi connectivity index (χ3v) is 6.52. The van der Waals surface area contributed by atoms with Crippen LogP contribution in [0, 0.1) is 0 Å². The van der Waals surface area contributed by atoms with Crippen LogP contribution in [0.2, 0.25) is 0 Å². The molecule has 1 aromatic heterocycles. The topological polar surface area (TPSA) is 94.2 Å². The van der Waals surface area contributed by atoms with Gasteiger partial charge in [-0.15, -0.1) is 5.48 Å². The Hall–Kier alpha value is -2.41. The summed E-state index contributed by atoms with van der Waals surface area (Å²) in [5.74, 6) is 0.436. The van der Waals surface area contributed by atoms with E-state index in [1.165, 1.54) is 6.07 Å². The van der Waals surface area contributed by atoms with Crippen molar-refractivity contribution in [2.45, 2.75) is 63.1 Å². The summed E-state index contributed by atoms with van der Waals surface area (Å²) in [5.41, 5.74) is 4.52. The summed E-state index contributed by atoms with van der Waals surface area (Å²) in [4.78, 5) is 24.1. The Morgan fingerprint density at radius 1 is 1.28 bits per heavy atom. The molecule has 4 heterocycles. The number of hydroxylamine groups is 1. The van der Waals surface area contributed by atoms with Crippen molar-refractivity contribution in [1.29, 1.82) is 0 Å². The second-order valence-corrected chi connectivity index (χ2v) is 9.27. The molecule has 9 nitrogen and oxygen atoms in total. The fourth-order valence-electron chi connectivity index (χ4n) is 4.56. The molecule has 4 rings (SSSR count). The molecule has 12 heteroatoms. The van der Waals surface area contributed by atoms with Gasteiger partial charge in [0.25, 0.3) is 0 Å². The highest BCUT2D eigenvalue weighted by Gasteiger charge is 2.29. The number of rotatable bonds is 9. The molecule has 1 amide bonds. The largest absolute Gasteiger partial charge is 0.468 e. The number of fused-ring (bicyclic) bond motifs is 1. The summed E-state index contributed by atoms with van der Waals surface area (Å²) in [6.45, 7) is 1.65. The van der Waals surface area contributed by atoms with Crippen LogP contribution in [0.5, 0.6) is 5.88 Å². The maximum Gasteiger partial charge on any atom is 0.422 e. The number of halogens is 3. The molecule has 1 unspecified atom stereocenters. The maximum absolute atomic E-state index is 12.4. The minimum atomic E-state index is -4.38. The van der Waals surface area contributed by atoms with Gasteiger partial charge in [0.05, 0.1) is 25.2 Å². The van der Waals surface area contributed by atoms with Crippen LogP contribution in [0.1, 0.15) is 36.9 Å². The molecular weight excluding hydrogens is 481 g/mol. The smallest absolute Gasteiger partial charge is 0.422 e. The zero-order valence-corrected chi connectivity index (χ0v) is 20.3. The van der Waals surface area contributed by atoms with Crippen molar-refractivity contribution in [2.75, 3.05) is 40.0 Å². The number of alkyl halides is 3. The summed E-state index contributed by atoms with van der Waals surface area (Å²) in [6.07, 6.45) is 1.36. The SMILES string of the molecule is COC1C=C(CC(=O)N[C@H]2CC[C@H](CCN3CCc4ccc(OCC(F)(F)F)nc4CC3)OC2)ON1. The maximum atomic E-state index is 12.4. The molecule has 0 saturated carbocycles. The van der Waals surface area contributed by atoms with Gasteiger partial charge in [0.15, 0.2) is 12.8 Å². The molecule has 3 aliphatic heterocycles. The summed E-state index contributed by atoms with van der Waals surface area (Å²) in [7, 11) is 1.55. The number of amides is 1. The average molecular weight is 515 g/mol. The Morgan fingerprint density at radius 3 is 2.83 bits per heavy atom. The first-order valence-corrected chi connectivity index (χ1v) is 12.2. The van der Waals surface area contributed by atoms with E-state index < -0.39 is 12.8 Å². The summed E-state index contributed by atoms with van der Waals surface area (Å²) in [6, 6.07) is 3.31. The lowest BCUT2D eigenvalue weighted by atomic mass is 10.0. The van der Waals surface area contributed by atoms with Crippen LogP contribution in [0.25, 0.3) is 0 Å². The third-order valence-electron chi connectivity index (χ3n) is 6.52. The number of carbonyl (C=O) groups excluding carboxylic acids is 1. The fourth-order valence-corrected chi connectivity index (χ4v) is 4.56. The van der Waals surface area contributed by atoms with Crippen molar-refractivity contribution < 1.29 is 37.0 Å². The molecule has 0 aliphatic carbocycles. The van der Waals surface area contributed by atoms with Gasteiger partial charge in [0, 0.05) is 51.0 Å². The Bertz CT molecular complexity index is 922. The van der Waals surface area contributed by atoms with Crippen molar-refractivity contribution in [1.82, 2.24) is 20.7 Å². The Morgan fingerprint density at radius 2 is 2.11 bits per heavy atom. The molecule has 0 aromatic carbocycles. The molecule has 36 heavy (non-hydrogen) atoms. The quantitative estimate of drug-likeness (QED) is 0.519. The van der Waals surface area contributed by atoms with E-state index in [9.17, 15) is 18.0 Å². The van der Waals surface area contributed by atoms with Crippen LogP contribution in [0.4, 0.5) is 13.2 Å². The van der Waals surface area contributed by atoms with Crippen molar-refractivity contribution in [2.24, 2.45) is 0 Å². The van der Waals surface area contributed by atoms with Gasteiger partial charge < -0.3 is 29.3 Å². The van der Waals surface area contributed by atoms with E-state index in [2.05, 4.69) is 20.7 Å². The first-order valence-electron chi connectivity index (χ1n) is 12.2. The minimum Gasteiger partial charge on any atom is -0.468 e. The van der Waals surface area contributed by atoms with Gasteiger partial charge in [0.2, 0.25) is 11.8 Å². The van der Waals surface area contributed by atoms with E-state index in [0.717, 1.165) is 56.6 Å². The molecule has 1 fully saturated rings. The Labute approximate surface area is 208 Å². The Balaban J connectivity index is 1.14. The highest BCUT2D eigenvalue weighted by molar-refractivity contribution is 5.78. The number of aromatic nitrogens is 1. The highest BCUT2D eigenvalue weighted by Crippen LogP contribution is 2.22. The van der Waals surface area contributed by atoms with Crippen LogP contribution < -0.4 is 15.5 Å². The van der Waals surface area contributed by atoms with Gasteiger partial charge in [-0.25, -0.2) is 4.98 Å². The monoisotopic (exact) mass is 514 g/mol. The standard InChI is InChI=1S/C24H33F3N4O5/c1-33-23-13-19(36-30-23)12-21(32)28-17-3-4-18(34-14-17)7-10-31-9-6-16-2-5-22(29-20(16)8-11-31)35-15-24(25,26)27/h2,5,13,17-18,23,30H,3-4,6-12,14-15H2,1H3,(H,28,32)/t17-,18+,23?/m0/s1. The first-order chi connectivity index (χ1) is 17.3. The number of nitrogens with one attached hydrogen (secondary N) is 2. The number of carbonyl (C=O) groups is 1. The van der Waals surface area contributed by atoms with E-state index >= 15 is 0 Å². The van der Waals surface area contributed by atoms with Crippen LogP contribution in [0.3, 0.4) is 0 Å². The van der Waals surface area contributed by atoms with E-state index in [4.69, 9.17) is 19.0 Å². The number of hydrogen-bond donors (Lipinski definition) is 2. The zero-order chi connectivity index (χ0) is 25.5. The molecule has 0 bridgehead atoms. The summed E-state index contributed by atoms with van der Waals surface area (Å²) < 4.78 is 53.1. The van der Waals surface area contributed by atoms with E-state index in [1.807, 2.05) is 6.07 Å². The van der Waals surface area contributed by atoms with Gasteiger partial charge in [-0.3, -0.25) is 4.79 Å². The number of hydrogen-bond acceptors (Lipinski definition) is 8. The summed E-state index contributed by atoms with van der Waals surface area (Å²) >= 11 is 0. The van der Waals surface area contributed by atoms with Crippen LogP contribution in [0.15, 0.2) is 24.0 Å². The van der Waals surface area contributed by atoms with E-state index in [-0.39, 0.29) is 36.6 Å². The molecule has 3 aliphatic rings. The van der Waals surface area contributed by atoms with Crippen LogP contribution in [-0.4, -0.2) is 80.3 Å². The average Bonchev–Trinajstić information content (AvgIpc) is 3.20. The molecule has 0 spiro atoms. The predicted molar refractivity (Wildman–Crippen MR) is 123 cm³/mol. The molecule has 3 atom stereocenters. The second kappa shape index (κ2) is 12.2. The van der Waals surface area contributed by atoms with Gasteiger partial charge in [0.1, 0.15) is 5.76 Å². The predicted octanol–water partition coefficient (Wildman–Crippen LogP) is 2.26. The lowest BCUT2D eigenvalue weighted by Gasteiger charge is -2.31. The number of nitrogens with zero attached hydrogens (tertiary/aromatic N) is 2. The number of pyridine rings is 1. The zero-order valence-electron chi connectivity index (χ0n) is 20.3. The number of ether oxygens (including phenoxy) is 3. The van der Waals surface area contributed by atoms with Crippen molar-refractivity contribution in [3.63, 3.8) is 0 Å². The van der Waals surface area contributed by atoms with Crippen molar-refractivity contribution in [3.8, 4) is 5.88 Å². The molecule has 0 radical (unpaired) electrons. The van der Waals surface area contributed by atoms with Crippen LogP contribution >= 0.6 is 0 Å². The van der Waals surface area contributed by atoms with E-state index in [1.54, 1.807) is 13.2 Å². The molecule has 1 saturated heterocycles. The van der Waals surface area contributed by atoms with Gasteiger partial charge in [-0.1, -0.05) is 6.07 Å². The normalized spacial score (nSPS) is 24.9.